The molecule has 1 N–H and O–H groups in total. The highest BCUT2D eigenvalue weighted by atomic mass is 19.4. The molecule has 3 rings (SSSR count). The van der Waals surface area contributed by atoms with E-state index in [-0.39, 0.29) is 12.5 Å². The number of nitrogens with one attached hydrogen (secondary N) is 1. The van der Waals surface area contributed by atoms with Crippen LogP contribution in [0.25, 0.3) is 0 Å². The van der Waals surface area contributed by atoms with E-state index in [1.807, 2.05) is 30.3 Å². The number of nitrogens with zero attached hydrogens (tertiary/aromatic N) is 1. The van der Waals surface area contributed by atoms with Gasteiger partial charge in [-0.15, -0.1) is 6.42 Å². The Labute approximate surface area is 193 Å². The van der Waals surface area contributed by atoms with Gasteiger partial charge in [0.1, 0.15) is 0 Å². The molecule has 33 heavy (non-hydrogen) atoms. The minimum atomic E-state index is -4.64. The van der Waals surface area contributed by atoms with Crippen LogP contribution in [-0.2, 0) is 12.7 Å². The molecule has 1 aliphatic rings. The van der Waals surface area contributed by atoms with E-state index in [0.29, 0.717) is 12.2 Å². The Morgan fingerprint density at radius 3 is 2.36 bits per heavy atom. The Balaban J connectivity index is 1.94. The van der Waals surface area contributed by atoms with Gasteiger partial charge in [-0.25, -0.2) is 0 Å². The fourth-order valence-corrected chi connectivity index (χ4v) is 4.56. The maximum Gasteiger partial charge on any atom is 0.417 e. The molecule has 2 aromatic rings. The van der Waals surface area contributed by atoms with E-state index < -0.39 is 29.3 Å². The largest absolute Gasteiger partial charge is 0.417 e. The molecule has 0 aliphatic heterocycles. The van der Waals surface area contributed by atoms with Gasteiger partial charge in [0.2, 0.25) is 0 Å². The van der Waals surface area contributed by atoms with Crippen LogP contribution in [-0.4, -0.2) is 23.4 Å². The predicted molar refractivity (Wildman–Crippen MR) is 124 cm³/mol. The van der Waals surface area contributed by atoms with Crippen molar-refractivity contribution in [1.82, 2.24) is 10.2 Å². The summed E-state index contributed by atoms with van der Waals surface area (Å²) in [5.74, 6) is 1.83. The second kappa shape index (κ2) is 11.1. The lowest BCUT2D eigenvalue weighted by atomic mass is 9.81. The van der Waals surface area contributed by atoms with Gasteiger partial charge in [0, 0.05) is 12.2 Å². The van der Waals surface area contributed by atoms with Crippen LogP contribution in [0.2, 0.25) is 0 Å². The highest BCUT2D eigenvalue weighted by Crippen LogP contribution is 2.35. The highest BCUT2D eigenvalue weighted by molar-refractivity contribution is 5.96. The van der Waals surface area contributed by atoms with Gasteiger partial charge in [-0.05, 0) is 36.5 Å². The number of hydrogen-bond donors (Lipinski definition) is 1. The molecule has 0 saturated heterocycles. The summed E-state index contributed by atoms with van der Waals surface area (Å²) >= 11 is 0. The normalized spacial score (nSPS) is 15.3. The number of halogens is 3. The summed E-state index contributed by atoms with van der Waals surface area (Å²) in [5, 5.41) is 3.31. The van der Waals surface area contributed by atoms with Gasteiger partial charge in [-0.3, -0.25) is 4.79 Å². The van der Waals surface area contributed by atoms with Crippen LogP contribution < -0.4 is 5.32 Å². The molecule has 1 saturated carbocycles. The molecule has 1 aliphatic carbocycles. The van der Waals surface area contributed by atoms with Crippen molar-refractivity contribution < 1.29 is 18.0 Å². The maximum absolute atomic E-state index is 13.6. The summed E-state index contributed by atoms with van der Waals surface area (Å²) in [6.45, 7) is 4.60. The second-order valence-corrected chi connectivity index (χ2v) is 8.39. The van der Waals surface area contributed by atoms with E-state index in [2.05, 4.69) is 17.8 Å². The predicted octanol–water partition coefficient (Wildman–Crippen LogP) is 6.03. The van der Waals surface area contributed by atoms with Crippen LogP contribution in [0.5, 0.6) is 0 Å². The zero-order chi connectivity index (χ0) is 23.8. The zero-order valence-corrected chi connectivity index (χ0v) is 18.6. The van der Waals surface area contributed by atoms with Crippen LogP contribution >= 0.6 is 0 Å². The second-order valence-electron chi connectivity index (χ2n) is 8.39. The standard InChI is InChI=1S/C27H29F3N2O/c1-3-18-32(26(33)23-16-10-11-17-24(23)27(28,29)30)25(22-14-8-5-9-15-22)20(2)31-19-21-12-6-4-7-13-21/h1,4,6-7,10-13,16-17,22,25,31H,2,5,8-9,14-15,18-19H2. The van der Waals surface area contributed by atoms with E-state index in [0.717, 1.165) is 43.7 Å². The lowest BCUT2D eigenvalue weighted by molar-refractivity contribution is -0.138. The molecule has 3 nitrogen and oxygen atoms in total. The monoisotopic (exact) mass is 454 g/mol. The fraction of sp³-hybridized carbons (Fsp3) is 0.370. The minimum absolute atomic E-state index is 0.0740. The van der Waals surface area contributed by atoms with Crippen LogP contribution in [0, 0.1) is 18.3 Å². The summed E-state index contributed by atoms with van der Waals surface area (Å²) in [4.78, 5) is 14.9. The Hall–Kier alpha value is -3.20. The molecule has 0 aromatic heterocycles. The molecule has 0 bridgehead atoms. The van der Waals surface area contributed by atoms with Gasteiger partial charge in [0.05, 0.1) is 23.7 Å². The molecule has 0 heterocycles. The zero-order valence-electron chi connectivity index (χ0n) is 18.6. The highest BCUT2D eigenvalue weighted by Gasteiger charge is 2.39. The fourth-order valence-electron chi connectivity index (χ4n) is 4.56. The minimum Gasteiger partial charge on any atom is -0.383 e. The first-order valence-electron chi connectivity index (χ1n) is 11.2. The van der Waals surface area contributed by atoms with Gasteiger partial charge in [-0.1, -0.05) is 74.2 Å². The first kappa shape index (κ1) is 24.4. The lowest BCUT2D eigenvalue weighted by Gasteiger charge is -2.39. The Bertz CT molecular complexity index is 988. The van der Waals surface area contributed by atoms with E-state index in [9.17, 15) is 18.0 Å². The number of amides is 1. The summed E-state index contributed by atoms with van der Waals surface area (Å²) < 4.78 is 40.9. The van der Waals surface area contributed by atoms with Crippen molar-refractivity contribution in [1.29, 1.82) is 0 Å². The number of carbonyl (C=O) groups excluding carboxylic acids is 1. The Kier molecular flexibility index (Phi) is 8.21. The lowest BCUT2D eigenvalue weighted by Crippen LogP contribution is -2.49. The molecule has 1 unspecified atom stereocenters. The third kappa shape index (κ3) is 6.19. The molecule has 0 radical (unpaired) electrons. The number of alkyl halides is 3. The molecule has 174 valence electrons. The number of rotatable bonds is 8. The van der Waals surface area contributed by atoms with Crippen LogP contribution in [0.1, 0.15) is 53.6 Å². The van der Waals surface area contributed by atoms with Gasteiger partial charge < -0.3 is 10.2 Å². The smallest absolute Gasteiger partial charge is 0.383 e. The summed E-state index contributed by atoms with van der Waals surface area (Å²) in [6, 6.07) is 14.1. The molecular weight excluding hydrogens is 425 g/mol. The van der Waals surface area contributed by atoms with Crippen LogP contribution in [0.4, 0.5) is 13.2 Å². The van der Waals surface area contributed by atoms with Gasteiger partial charge in [0.25, 0.3) is 5.91 Å². The summed E-state index contributed by atoms with van der Waals surface area (Å²) in [7, 11) is 0. The quantitative estimate of drug-likeness (QED) is 0.494. The number of terminal acetylenes is 1. The Morgan fingerprint density at radius 1 is 1.09 bits per heavy atom. The molecule has 2 aromatic carbocycles. The number of benzene rings is 2. The third-order valence-electron chi connectivity index (χ3n) is 6.14. The SMILES string of the molecule is C#CCN(C(=O)c1ccccc1C(F)(F)F)C(C(=C)NCc1ccccc1)C1CCCCC1. The molecular formula is C27H29F3N2O. The summed E-state index contributed by atoms with van der Waals surface area (Å²) in [5.41, 5.74) is 0.288. The van der Waals surface area contributed by atoms with E-state index >= 15 is 0 Å². The summed E-state index contributed by atoms with van der Waals surface area (Å²) in [6.07, 6.45) is 5.79. The maximum atomic E-state index is 13.6. The van der Waals surface area contributed by atoms with Crippen molar-refractivity contribution in [3.8, 4) is 12.3 Å². The van der Waals surface area contributed by atoms with Crippen molar-refractivity contribution in [3.63, 3.8) is 0 Å². The third-order valence-corrected chi connectivity index (χ3v) is 6.14. The van der Waals surface area contributed by atoms with Crippen molar-refractivity contribution >= 4 is 5.91 Å². The van der Waals surface area contributed by atoms with Crippen LogP contribution in [0.3, 0.4) is 0 Å². The van der Waals surface area contributed by atoms with Crippen molar-refractivity contribution in [3.05, 3.63) is 83.6 Å². The molecule has 1 amide bonds. The Morgan fingerprint density at radius 2 is 1.73 bits per heavy atom. The first-order chi connectivity index (χ1) is 15.8. The van der Waals surface area contributed by atoms with E-state index in [1.165, 1.54) is 23.1 Å². The number of hydrogen-bond acceptors (Lipinski definition) is 2. The topological polar surface area (TPSA) is 32.3 Å². The molecule has 1 atom stereocenters. The van der Waals surface area contributed by atoms with Gasteiger partial charge in [-0.2, -0.15) is 13.2 Å². The van der Waals surface area contributed by atoms with Gasteiger partial charge in [0.15, 0.2) is 0 Å². The average Bonchev–Trinajstić information content (AvgIpc) is 2.83. The molecule has 1 fully saturated rings. The molecule has 0 spiro atoms. The van der Waals surface area contributed by atoms with E-state index in [1.54, 1.807) is 0 Å². The van der Waals surface area contributed by atoms with Crippen molar-refractivity contribution in [2.45, 2.75) is 50.9 Å². The van der Waals surface area contributed by atoms with Crippen LogP contribution in [0.15, 0.2) is 66.9 Å². The number of carbonyl (C=O) groups is 1. The first-order valence-corrected chi connectivity index (χ1v) is 11.2. The molecule has 6 heteroatoms. The average molecular weight is 455 g/mol. The van der Waals surface area contributed by atoms with Crippen molar-refractivity contribution in [2.24, 2.45) is 5.92 Å². The van der Waals surface area contributed by atoms with Gasteiger partial charge >= 0.3 is 6.18 Å². The van der Waals surface area contributed by atoms with E-state index in [4.69, 9.17) is 6.42 Å². The van der Waals surface area contributed by atoms with Crippen molar-refractivity contribution in [2.75, 3.05) is 6.54 Å².